The molecule has 2 N–H and O–H groups in total. The number of guanidine groups is 1. The van der Waals surface area contributed by atoms with Crippen LogP contribution >= 0.6 is 11.3 Å². The van der Waals surface area contributed by atoms with Crippen molar-refractivity contribution >= 4 is 17.3 Å². The van der Waals surface area contributed by atoms with Crippen LogP contribution < -0.4 is 10.6 Å². The predicted molar refractivity (Wildman–Crippen MR) is 127 cm³/mol. The van der Waals surface area contributed by atoms with Crippen LogP contribution in [0.5, 0.6) is 0 Å². The van der Waals surface area contributed by atoms with Gasteiger partial charge in [0.1, 0.15) is 12.7 Å². The summed E-state index contributed by atoms with van der Waals surface area (Å²) in [5.41, 5.74) is 2.19. The summed E-state index contributed by atoms with van der Waals surface area (Å²) >= 11 is 1.84. The molecule has 164 valence electrons. The Labute approximate surface area is 188 Å². The Hall–Kier alpha value is -2.71. The largest absolute Gasteiger partial charge is 0.354 e. The van der Waals surface area contributed by atoms with E-state index in [9.17, 15) is 0 Å². The molecule has 0 radical (unpaired) electrons. The predicted octanol–water partition coefficient (Wildman–Crippen LogP) is 3.47. The summed E-state index contributed by atoms with van der Waals surface area (Å²) in [7, 11) is 1.83. The van der Waals surface area contributed by atoms with E-state index in [-0.39, 0.29) is 0 Å². The summed E-state index contributed by atoms with van der Waals surface area (Å²) in [6, 6.07) is 13.1. The van der Waals surface area contributed by atoms with Crippen LogP contribution in [0, 0.1) is 5.92 Å². The lowest BCUT2D eigenvalue weighted by Gasteiger charge is -2.36. The fourth-order valence-corrected chi connectivity index (χ4v) is 4.80. The number of nitrogens with zero attached hydrogens (tertiary/aromatic N) is 5. The molecule has 0 bridgehead atoms. The number of aliphatic imine (C=N–C) groups is 1. The van der Waals surface area contributed by atoms with Gasteiger partial charge in [-0.25, -0.2) is 9.67 Å². The van der Waals surface area contributed by atoms with E-state index in [1.165, 1.54) is 23.3 Å². The third kappa shape index (κ3) is 5.71. The Kier molecular flexibility index (Phi) is 7.32. The van der Waals surface area contributed by atoms with Gasteiger partial charge in [0.2, 0.25) is 0 Å². The lowest BCUT2D eigenvalue weighted by molar-refractivity contribution is 0.140. The maximum atomic E-state index is 4.43. The van der Waals surface area contributed by atoms with Crippen LogP contribution in [-0.4, -0.2) is 52.3 Å². The average Bonchev–Trinajstić information content (AvgIpc) is 3.52. The molecular weight excluding hydrogens is 406 g/mol. The number of likely N-dealkylation sites (tertiary alicyclic amines) is 1. The topological polar surface area (TPSA) is 70.4 Å². The van der Waals surface area contributed by atoms with Crippen LogP contribution in [0.4, 0.5) is 0 Å². The molecule has 1 aliphatic rings. The van der Waals surface area contributed by atoms with E-state index >= 15 is 0 Å². The number of piperidine rings is 1. The molecule has 0 amide bonds. The van der Waals surface area contributed by atoms with Gasteiger partial charge in [-0.2, -0.15) is 5.10 Å². The molecule has 1 aromatic carbocycles. The van der Waals surface area contributed by atoms with Gasteiger partial charge in [-0.05, 0) is 61.0 Å². The molecule has 1 fully saturated rings. The molecule has 2 aromatic heterocycles. The maximum Gasteiger partial charge on any atom is 0.191 e. The summed E-state index contributed by atoms with van der Waals surface area (Å²) in [6.07, 6.45) is 5.80. The van der Waals surface area contributed by atoms with Crippen LogP contribution in [0.3, 0.4) is 0 Å². The first-order chi connectivity index (χ1) is 15.2. The van der Waals surface area contributed by atoms with E-state index in [1.54, 1.807) is 17.3 Å². The van der Waals surface area contributed by atoms with Crippen LogP contribution in [0.25, 0.3) is 5.69 Å². The van der Waals surface area contributed by atoms with E-state index in [1.807, 2.05) is 30.5 Å². The third-order valence-corrected chi connectivity index (χ3v) is 6.87. The molecule has 31 heavy (non-hydrogen) atoms. The van der Waals surface area contributed by atoms with Gasteiger partial charge in [0.15, 0.2) is 5.96 Å². The summed E-state index contributed by atoms with van der Waals surface area (Å²) in [5.74, 6) is 1.66. The fourth-order valence-electron chi connectivity index (χ4n) is 3.94. The Morgan fingerprint density at radius 2 is 2.00 bits per heavy atom. The van der Waals surface area contributed by atoms with Crippen LogP contribution in [-0.2, 0) is 6.54 Å². The van der Waals surface area contributed by atoms with E-state index in [0.29, 0.717) is 12.6 Å². The highest BCUT2D eigenvalue weighted by Crippen LogP contribution is 2.29. The normalized spacial score (nSPS) is 16.9. The molecule has 3 heterocycles. The van der Waals surface area contributed by atoms with Crippen molar-refractivity contribution in [2.24, 2.45) is 10.9 Å². The smallest absolute Gasteiger partial charge is 0.191 e. The molecule has 1 unspecified atom stereocenters. The van der Waals surface area contributed by atoms with Crippen molar-refractivity contribution in [2.45, 2.75) is 32.4 Å². The number of nitrogens with one attached hydrogen (secondary N) is 2. The van der Waals surface area contributed by atoms with E-state index in [2.05, 4.69) is 67.2 Å². The van der Waals surface area contributed by atoms with Gasteiger partial charge in [0.25, 0.3) is 0 Å². The number of benzene rings is 1. The maximum absolute atomic E-state index is 4.43. The highest BCUT2D eigenvalue weighted by atomic mass is 32.1. The molecule has 0 spiro atoms. The quantitative estimate of drug-likeness (QED) is 0.438. The first kappa shape index (κ1) is 21.5. The summed E-state index contributed by atoms with van der Waals surface area (Å²) < 4.78 is 1.75. The number of thiophene rings is 1. The molecule has 1 saturated heterocycles. The highest BCUT2D eigenvalue weighted by Gasteiger charge is 2.25. The van der Waals surface area contributed by atoms with Gasteiger partial charge < -0.3 is 10.6 Å². The van der Waals surface area contributed by atoms with Crippen molar-refractivity contribution in [1.82, 2.24) is 30.3 Å². The van der Waals surface area contributed by atoms with Gasteiger partial charge in [0.05, 0.1) is 11.7 Å². The molecule has 7 nitrogen and oxygen atoms in total. The van der Waals surface area contributed by atoms with Gasteiger partial charge in [-0.3, -0.25) is 9.89 Å². The first-order valence-electron chi connectivity index (χ1n) is 10.9. The minimum atomic E-state index is 0.382. The van der Waals surface area contributed by atoms with Crippen LogP contribution in [0.15, 0.2) is 59.4 Å². The molecule has 1 atom stereocenters. The monoisotopic (exact) mass is 437 g/mol. The molecule has 0 saturated carbocycles. The minimum absolute atomic E-state index is 0.382. The standard InChI is InChI=1S/C23H31N7S/c1-18-9-11-29(12-10-18)21(22-4-3-13-31-22)15-27-23(24-2)26-14-19-5-7-20(8-6-19)30-17-25-16-28-30/h3-8,13,16-18,21H,9-12,14-15H2,1-2H3,(H2,24,26,27). The Bertz CT molecular complexity index is 927. The zero-order chi connectivity index (χ0) is 21.5. The van der Waals surface area contributed by atoms with E-state index in [0.717, 1.165) is 37.2 Å². The third-order valence-electron chi connectivity index (χ3n) is 5.90. The van der Waals surface area contributed by atoms with E-state index < -0.39 is 0 Å². The fraction of sp³-hybridized carbons (Fsp3) is 0.435. The van der Waals surface area contributed by atoms with E-state index in [4.69, 9.17) is 0 Å². The Balaban J connectivity index is 1.32. The molecule has 1 aliphatic heterocycles. The van der Waals surface area contributed by atoms with Crippen LogP contribution in [0.2, 0.25) is 0 Å². The number of hydrogen-bond donors (Lipinski definition) is 2. The van der Waals surface area contributed by atoms with Gasteiger partial charge in [-0.1, -0.05) is 25.1 Å². The molecule has 0 aliphatic carbocycles. The summed E-state index contributed by atoms with van der Waals surface area (Å²) in [4.78, 5) is 12.5. The second-order valence-electron chi connectivity index (χ2n) is 8.06. The molecule has 3 aromatic rings. The van der Waals surface area contributed by atoms with Crippen molar-refractivity contribution in [1.29, 1.82) is 0 Å². The molecule has 8 heteroatoms. The second-order valence-corrected chi connectivity index (χ2v) is 9.04. The Morgan fingerprint density at radius 1 is 1.19 bits per heavy atom. The molecule has 4 rings (SSSR count). The average molecular weight is 438 g/mol. The van der Waals surface area contributed by atoms with Gasteiger partial charge in [0, 0.05) is 25.0 Å². The van der Waals surface area contributed by atoms with Crippen LogP contribution in [0.1, 0.15) is 36.2 Å². The minimum Gasteiger partial charge on any atom is -0.354 e. The number of rotatable bonds is 7. The summed E-state index contributed by atoms with van der Waals surface area (Å²) in [6.45, 7) is 6.24. The van der Waals surface area contributed by atoms with Crippen molar-refractivity contribution in [2.75, 3.05) is 26.7 Å². The second kappa shape index (κ2) is 10.5. The SMILES string of the molecule is CN=C(NCc1ccc(-n2cncn2)cc1)NCC(c1cccs1)N1CCC(C)CC1. The summed E-state index contributed by atoms with van der Waals surface area (Å²) in [5, 5.41) is 13.3. The Morgan fingerprint density at radius 3 is 2.65 bits per heavy atom. The van der Waals surface area contributed by atoms with Crippen molar-refractivity contribution < 1.29 is 0 Å². The number of aromatic nitrogens is 3. The van der Waals surface area contributed by atoms with Crippen molar-refractivity contribution in [3.05, 3.63) is 64.9 Å². The van der Waals surface area contributed by atoms with Gasteiger partial charge >= 0.3 is 0 Å². The lowest BCUT2D eigenvalue weighted by atomic mass is 9.97. The lowest BCUT2D eigenvalue weighted by Crippen LogP contribution is -2.44. The molecular formula is C23H31N7S. The number of hydrogen-bond acceptors (Lipinski definition) is 5. The first-order valence-corrected chi connectivity index (χ1v) is 11.8. The van der Waals surface area contributed by atoms with Gasteiger partial charge in [-0.15, -0.1) is 11.3 Å². The zero-order valence-corrected chi connectivity index (χ0v) is 19.1. The van der Waals surface area contributed by atoms with Crippen molar-refractivity contribution in [3.8, 4) is 5.69 Å². The van der Waals surface area contributed by atoms with Crippen molar-refractivity contribution in [3.63, 3.8) is 0 Å². The zero-order valence-electron chi connectivity index (χ0n) is 18.2. The highest BCUT2D eigenvalue weighted by molar-refractivity contribution is 7.10.